The largest absolute Gasteiger partial charge is 0.333 e. The van der Waals surface area contributed by atoms with E-state index < -0.39 is 0 Å². The first-order valence-corrected chi connectivity index (χ1v) is 4.85. The average Bonchev–Trinajstić information content (AvgIpc) is 2.19. The molecule has 0 aliphatic heterocycles. The van der Waals surface area contributed by atoms with Crippen LogP contribution < -0.4 is 11.1 Å². The molecule has 0 bridgehead atoms. The highest BCUT2D eigenvalue weighted by atomic mass is 14.9. The van der Waals surface area contributed by atoms with Crippen molar-refractivity contribution < 1.29 is 0 Å². The molecular weight excluding hydrogens is 148 g/mol. The summed E-state index contributed by atoms with van der Waals surface area (Å²) in [6.45, 7) is 4.66. The van der Waals surface area contributed by atoms with Crippen LogP contribution in [0.1, 0.15) is 32.1 Å². The Kier molecular flexibility index (Phi) is 8.51. The summed E-state index contributed by atoms with van der Waals surface area (Å²) in [5, 5.41) is 3.45. The van der Waals surface area contributed by atoms with Crippen LogP contribution in [-0.4, -0.2) is 19.6 Å². The summed E-state index contributed by atoms with van der Waals surface area (Å²) >= 11 is 0. The van der Waals surface area contributed by atoms with Gasteiger partial charge in [-0.25, -0.2) is 0 Å². The zero-order valence-corrected chi connectivity index (χ0v) is 8.18. The molecule has 1 saturated carbocycles. The minimum Gasteiger partial charge on any atom is -0.333 e. The Bertz CT molecular complexity index is 96.0. The third kappa shape index (κ3) is 5.33. The maximum atomic E-state index is 4.50. The highest BCUT2D eigenvalue weighted by Gasteiger charge is 2.10. The molecule has 0 atom stereocenters. The van der Waals surface area contributed by atoms with Crippen LogP contribution in [0.5, 0.6) is 0 Å². The third-order valence-corrected chi connectivity index (χ3v) is 2.16. The molecule has 0 spiro atoms. The molecule has 0 unspecified atom stereocenters. The van der Waals surface area contributed by atoms with E-state index in [9.17, 15) is 0 Å². The quantitative estimate of drug-likeness (QED) is 0.632. The molecule has 0 aromatic heterocycles. The second-order valence-corrected chi connectivity index (χ2v) is 3.03. The molecule has 3 N–H and O–H groups in total. The molecule has 1 aliphatic carbocycles. The van der Waals surface area contributed by atoms with Crippen molar-refractivity contribution >= 4 is 0 Å². The minimum absolute atomic E-state index is 0.784. The Morgan fingerprint density at radius 1 is 1.33 bits per heavy atom. The predicted octanol–water partition coefficient (Wildman–Crippen LogP) is 1.67. The number of hydrogen-bond acceptors (Lipinski definition) is 2. The van der Waals surface area contributed by atoms with Gasteiger partial charge in [0.05, 0.1) is 0 Å². The molecule has 1 rings (SSSR count). The van der Waals surface area contributed by atoms with Crippen molar-refractivity contribution in [1.82, 2.24) is 5.32 Å². The first-order chi connectivity index (χ1) is 5.93. The Balaban J connectivity index is 0.000000561. The summed E-state index contributed by atoms with van der Waals surface area (Å²) in [5.74, 6) is 0. The van der Waals surface area contributed by atoms with E-state index in [4.69, 9.17) is 0 Å². The second-order valence-electron chi connectivity index (χ2n) is 3.03. The van der Waals surface area contributed by atoms with Gasteiger partial charge in [0.1, 0.15) is 0 Å². The Morgan fingerprint density at radius 3 is 2.42 bits per heavy atom. The average molecular weight is 170 g/mol. The molecule has 1 fully saturated rings. The van der Waals surface area contributed by atoms with Gasteiger partial charge in [0.25, 0.3) is 0 Å². The Hall–Kier alpha value is -0.340. The van der Waals surface area contributed by atoms with E-state index in [1.807, 2.05) is 6.08 Å². The third-order valence-electron chi connectivity index (χ3n) is 2.16. The van der Waals surface area contributed by atoms with Gasteiger partial charge in [0.2, 0.25) is 0 Å². The first kappa shape index (κ1) is 11.7. The molecule has 0 radical (unpaired) electrons. The van der Waals surface area contributed by atoms with E-state index in [1.165, 1.54) is 39.2 Å². The normalized spacial score (nSPS) is 17.8. The summed E-state index contributed by atoms with van der Waals surface area (Å²) in [7, 11) is 1.50. The second kappa shape index (κ2) is 8.75. The molecule has 0 saturated heterocycles. The number of rotatable bonds is 3. The Morgan fingerprint density at radius 2 is 1.92 bits per heavy atom. The van der Waals surface area contributed by atoms with Gasteiger partial charge in [-0.15, -0.1) is 6.58 Å². The Labute approximate surface area is 76.2 Å². The highest BCUT2D eigenvalue weighted by Crippen LogP contribution is 2.16. The monoisotopic (exact) mass is 170 g/mol. The van der Waals surface area contributed by atoms with Gasteiger partial charge >= 0.3 is 0 Å². The van der Waals surface area contributed by atoms with Crippen LogP contribution in [0.25, 0.3) is 0 Å². The van der Waals surface area contributed by atoms with Crippen LogP contribution in [-0.2, 0) is 0 Å². The van der Waals surface area contributed by atoms with Crippen molar-refractivity contribution in [2.24, 2.45) is 5.73 Å². The van der Waals surface area contributed by atoms with Gasteiger partial charge in [-0.05, 0) is 19.9 Å². The van der Waals surface area contributed by atoms with Crippen LogP contribution in [0, 0.1) is 0 Å². The molecule has 12 heavy (non-hydrogen) atoms. The van der Waals surface area contributed by atoms with Gasteiger partial charge in [-0.2, -0.15) is 0 Å². The van der Waals surface area contributed by atoms with Gasteiger partial charge in [-0.1, -0.05) is 25.3 Å². The van der Waals surface area contributed by atoms with Crippen molar-refractivity contribution in [3.05, 3.63) is 12.7 Å². The van der Waals surface area contributed by atoms with Gasteiger partial charge in [0.15, 0.2) is 0 Å². The lowest BCUT2D eigenvalue weighted by molar-refractivity contribution is 0.385. The molecule has 0 heterocycles. The topological polar surface area (TPSA) is 38.0 Å². The molecular formula is C10H22N2. The molecule has 1 aliphatic rings. The molecule has 0 aromatic rings. The van der Waals surface area contributed by atoms with Crippen LogP contribution in [0.15, 0.2) is 12.7 Å². The van der Waals surface area contributed by atoms with E-state index in [0.29, 0.717) is 0 Å². The molecule has 2 nitrogen and oxygen atoms in total. The number of nitrogens with one attached hydrogen (secondary N) is 1. The van der Waals surface area contributed by atoms with Crippen molar-refractivity contribution in [3.63, 3.8) is 0 Å². The summed E-state index contributed by atoms with van der Waals surface area (Å²) in [5.41, 5.74) is 4.50. The van der Waals surface area contributed by atoms with Crippen LogP contribution >= 0.6 is 0 Å². The summed E-state index contributed by atoms with van der Waals surface area (Å²) in [6.07, 6.45) is 8.94. The SMILES string of the molecule is C=CCNC1CCCCC1.CN. The van der Waals surface area contributed by atoms with Crippen LogP contribution in [0.3, 0.4) is 0 Å². The molecule has 2 heteroatoms. The lowest BCUT2D eigenvalue weighted by atomic mass is 9.96. The van der Waals surface area contributed by atoms with E-state index in [0.717, 1.165) is 12.6 Å². The summed E-state index contributed by atoms with van der Waals surface area (Å²) in [4.78, 5) is 0. The molecule has 0 amide bonds. The number of nitrogens with two attached hydrogens (primary N) is 1. The lowest BCUT2D eigenvalue weighted by Crippen LogP contribution is -2.30. The van der Waals surface area contributed by atoms with Gasteiger partial charge in [-0.3, -0.25) is 0 Å². The summed E-state index contributed by atoms with van der Waals surface area (Å²) in [6, 6.07) is 0.784. The standard InChI is InChI=1S/C9H17N.CH5N/c1-2-8-10-9-6-4-3-5-7-9;1-2/h2,9-10H,1,3-8H2;2H2,1H3. The van der Waals surface area contributed by atoms with Crippen LogP contribution in [0.2, 0.25) is 0 Å². The van der Waals surface area contributed by atoms with Crippen molar-refractivity contribution in [2.75, 3.05) is 13.6 Å². The fourth-order valence-corrected chi connectivity index (χ4v) is 1.56. The fourth-order valence-electron chi connectivity index (χ4n) is 1.56. The van der Waals surface area contributed by atoms with Crippen molar-refractivity contribution in [2.45, 2.75) is 38.1 Å². The highest BCUT2D eigenvalue weighted by molar-refractivity contribution is 4.77. The maximum absolute atomic E-state index is 4.50. The van der Waals surface area contributed by atoms with E-state index in [1.54, 1.807) is 0 Å². The summed E-state index contributed by atoms with van der Waals surface area (Å²) < 4.78 is 0. The van der Waals surface area contributed by atoms with E-state index in [2.05, 4.69) is 17.6 Å². The smallest absolute Gasteiger partial charge is 0.0134 e. The minimum atomic E-state index is 0.784. The van der Waals surface area contributed by atoms with Gasteiger partial charge < -0.3 is 11.1 Å². The van der Waals surface area contributed by atoms with Gasteiger partial charge in [0, 0.05) is 12.6 Å². The molecule has 72 valence electrons. The zero-order valence-electron chi connectivity index (χ0n) is 8.18. The predicted molar refractivity (Wildman–Crippen MR) is 55.2 cm³/mol. The van der Waals surface area contributed by atoms with E-state index >= 15 is 0 Å². The first-order valence-electron chi connectivity index (χ1n) is 4.85. The van der Waals surface area contributed by atoms with Crippen molar-refractivity contribution in [1.29, 1.82) is 0 Å². The van der Waals surface area contributed by atoms with Crippen molar-refractivity contribution in [3.8, 4) is 0 Å². The zero-order chi connectivity index (χ0) is 9.23. The molecule has 0 aromatic carbocycles. The maximum Gasteiger partial charge on any atom is 0.0134 e. The van der Waals surface area contributed by atoms with Crippen LogP contribution in [0.4, 0.5) is 0 Å². The lowest BCUT2D eigenvalue weighted by Gasteiger charge is -2.21. The number of hydrogen-bond donors (Lipinski definition) is 2. The van der Waals surface area contributed by atoms with E-state index in [-0.39, 0.29) is 0 Å². The fraction of sp³-hybridized carbons (Fsp3) is 0.800.